The summed E-state index contributed by atoms with van der Waals surface area (Å²) in [6.45, 7) is -0.0986. The van der Waals surface area contributed by atoms with Crippen molar-refractivity contribution in [3.63, 3.8) is 0 Å². The number of carboxylic acids is 1. The molecule has 0 aromatic carbocycles. The third-order valence-electron chi connectivity index (χ3n) is 1.87. The van der Waals surface area contributed by atoms with Crippen molar-refractivity contribution in [2.24, 2.45) is 0 Å². The van der Waals surface area contributed by atoms with Crippen LogP contribution in [0.25, 0.3) is 10.2 Å². The first kappa shape index (κ1) is 9.11. The van der Waals surface area contributed by atoms with Gasteiger partial charge in [0.1, 0.15) is 4.88 Å². The van der Waals surface area contributed by atoms with Crippen molar-refractivity contribution >= 4 is 27.5 Å². The number of aliphatic hydroxyl groups is 1. The summed E-state index contributed by atoms with van der Waals surface area (Å²) >= 11 is 1.13. The molecule has 0 saturated heterocycles. The highest BCUT2D eigenvalue weighted by atomic mass is 32.1. The average Bonchev–Trinajstić information content (AvgIpc) is 2.60. The topological polar surface area (TPSA) is 70.4 Å². The van der Waals surface area contributed by atoms with Crippen molar-refractivity contribution in [2.45, 2.75) is 6.61 Å². The minimum absolute atomic E-state index is 0.0986. The van der Waals surface area contributed by atoms with E-state index in [1.54, 1.807) is 12.3 Å². The lowest BCUT2D eigenvalue weighted by Crippen LogP contribution is -1.89. The molecule has 2 N–H and O–H groups in total. The highest BCUT2D eigenvalue weighted by Gasteiger charge is 2.11. The maximum Gasteiger partial charge on any atom is 0.345 e. The number of carbonyl (C=O) groups is 1. The molecule has 0 amide bonds. The van der Waals surface area contributed by atoms with Crippen molar-refractivity contribution in [2.75, 3.05) is 0 Å². The van der Waals surface area contributed by atoms with Crippen LogP contribution in [0.1, 0.15) is 15.2 Å². The van der Waals surface area contributed by atoms with Crippen LogP contribution in [0.15, 0.2) is 18.3 Å². The molecule has 0 atom stereocenters. The van der Waals surface area contributed by atoms with E-state index in [-0.39, 0.29) is 11.5 Å². The summed E-state index contributed by atoms with van der Waals surface area (Å²) in [6.07, 6.45) is 1.56. The summed E-state index contributed by atoms with van der Waals surface area (Å²) in [6, 6.07) is 3.20. The van der Waals surface area contributed by atoms with Gasteiger partial charge in [-0.15, -0.1) is 11.3 Å². The molecule has 0 aliphatic rings. The lowest BCUT2D eigenvalue weighted by molar-refractivity contribution is 0.0702. The Balaban J connectivity index is 2.70. The molecule has 2 heterocycles. The van der Waals surface area contributed by atoms with Crippen LogP contribution in [0.3, 0.4) is 0 Å². The molecule has 0 saturated carbocycles. The molecule has 2 aromatic heterocycles. The first-order valence-corrected chi connectivity index (χ1v) is 4.75. The highest BCUT2D eigenvalue weighted by molar-refractivity contribution is 7.20. The van der Waals surface area contributed by atoms with Crippen LogP contribution in [-0.4, -0.2) is 21.2 Å². The number of aromatic carboxylic acids is 1. The van der Waals surface area contributed by atoms with Crippen molar-refractivity contribution in [3.8, 4) is 0 Å². The number of fused-ring (bicyclic) bond motifs is 1. The summed E-state index contributed by atoms with van der Waals surface area (Å²) in [5.74, 6) is -0.961. The van der Waals surface area contributed by atoms with E-state index in [4.69, 9.17) is 10.2 Å². The number of aliphatic hydroxyl groups excluding tert-OH is 1. The third kappa shape index (κ3) is 1.36. The normalized spacial score (nSPS) is 10.6. The Kier molecular flexibility index (Phi) is 2.18. The van der Waals surface area contributed by atoms with Crippen molar-refractivity contribution in [3.05, 3.63) is 28.8 Å². The molecule has 0 spiro atoms. The zero-order valence-corrected chi connectivity index (χ0v) is 7.91. The van der Waals surface area contributed by atoms with Crippen molar-refractivity contribution in [1.82, 2.24) is 4.98 Å². The van der Waals surface area contributed by atoms with Crippen LogP contribution in [-0.2, 0) is 6.61 Å². The van der Waals surface area contributed by atoms with E-state index in [2.05, 4.69) is 4.98 Å². The predicted octanol–water partition coefficient (Wildman–Crippen LogP) is 1.49. The average molecular weight is 209 g/mol. The highest BCUT2D eigenvalue weighted by Crippen LogP contribution is 2.27. The first-order chi connectivity index (χ1) is 6.72. The number of hydrogen-bond donors (Lipinski definition) is 2. The van der Waals surface area contributed by atoms with Crippen LogP contribution >= 0.6 is 11.3 Å². The molecular weight excluding hydrogens is 202 g/mol. The van der Waals surface area contributed by atoms with Crippen LogP contribution < -0.4 is 0 Å². The number of thiophene rings is 1. The number of aromatic nitrogens is 1. The number of rotatable bonds is 2. The fraction of sp³-hybridized carbons (Fsp3) is 0.111. The molecule has 72 valence electrons. The summed E-state index contributed by atoms with van der Waals surface area (Å²) in [4.78, 5) is 15.0. The SMILES string of the molecule is O=C(O)c1cc2nccc(CO)c2s1. The van der Waals surface area contributed by atoms with Gasteiger partial charge in [-0.1, -0.05) is 0 Å². The Labute approximate surface area is 83.5 Å². The number of nitrogens with zero attached hydrogens (tertiary/aromatic N) is 1. The zero-order valence-electron chi connectivity index (χ0n) is 7.10. The molecule has 14 heavy (non-hydrogen) atoms. The van der Waals surface area contributed by atoms with Gasteiger partial charge in [-0.3, -0.25) is 4.98 Å². The summed E-state index contributed by atoms with van der Waals surface area (Å²) in [5.41, 5.74) is 1.34. The standard InChI is InChI=1S/C9H7NO3S/c11-4-5-1-2-10-6-3-7(9(12)13)14-8(5)6/h1-3,11H,4H2,(H,12,13). The van der Waals surface area contributed by atoms with E-state index >= 15 is 0 Å². The Morgan fingerprint density at radius 2 is 2.36 bits per heavy atom. The number of carboxylic acid groups (broad SMARTS) is 1. The van der Waals surface area contributed by atoms with Gasteiger partial charge in [0.05, 0.1) is 16.8 Å². The quantitative estimate of drug-likeness (QED) is 0.786. The molecular formula is C9H7NO3S. The Bertz CT molecular complexity index is 492. The van der Waals surface area contributed by atoms with Gasteiger partial charge in [-0.25, -0.2) is 4.79 Å². The van der Waals surface area contributed by atoms with E-state index in [1.165, 1.54) is 6.07 Å². The van der Waals surface area contributed by atoms with Gasteiger partial charge in [0.15, 0.2) is 0 Å². The maximum atomic E-state index is 10.7. The molecule has 2 rings (SSSR count). The molecule has 5 heteroatoms. The third-order valence-corrected chi connectivity index (χ3v) is 3.06. The van der Waals surface area contributed by atoms with Gasteiger partial charge in [-0.2, -0.15) is 0 Å². The fourth-order valence-corrected chi connectivity index (χ4v) is 2.18. The van der Waals surface area contributed by atoms with Crippen LogP contribution in [0.2, 0.25) is 0 Å². The Hall–Kier alpha value is -1.46. The van der Waals surface area contributed by atoms with Gasteiger partial charge in [0, 0.05) is 6.20 Å². The van der Waals surface area contributed by atoms with Gasteiger partial charge >= 0.3 is 5.97 Å². The van der Waals surface area contributed by atoms with Crippen LogP contribution in [0.4, 0.5) is 0 Å². The zero-order chi connectivity index (χ0) is 10.1. The van der Waals surface area contributed by atoms with E-state index in [1.807, 2.05) is 0 Å². The van der Waals surface area contributed by atoms with Crippen LogP contribution in [0, 0.1) is 0 Å². The Morgan fingerprint density at radius 1 is 1.57 bits per heavy atom. The van der Waals surface area contributed by atoms with Gasteiger partial charge in [0.25, 0.3) is 0 Å². The lowest BCUT2D eigenvalue weighted by Gasteiger charge is -1.95. The van der Waals surface area contributed by atoms with Gasteiger partial charge in [-0.05, 0) is 17.7 Å². The second-order valence-corrected chi connectivity index (χ2v) is 3.81. The first-order valence-electron chi connectivity index (χ1n) is 3.94. The summed E-state index contributed by atoms with van der Waals surface area (Å²) in [7, 11) is 0. The second-order valence-electron chi connectivity index (χ2n) is 2.76. The Morgan fingerprint density at radius 3 is 3.00 bits per heavy atom. The van der Waals surface area contributed by atoms with Crippen LogP contribution in [0.5, 0.6) is 0 Å². The molecule has 0 unspecified atom stereocenters. The van der Waals surface area contributed by atoms with Crippen molar-refractivity contribution < 1.29 is 15.0 Å². The van der Waals surface area contributed by atoms with E-state index in [9.17, 15) is 4.79 Å². The van der Waals surface area contributed by atoms with E-state index < -0.39 is 5.97 Å². The van der Waals surface area contributed by atoms with E-state index in [0.717, 1.165) is 16.0 Å². The molecule has 0 aliphatic carbocycles. The molecule has 0 radical (unpaired) electrons. The lowest BCUT2D eigenvalue weighted by atomic mass is 10.2. The molecule has 0 fully saturated rings. The molecule has 0 bridgehead atoms. The molecule has 2 aromatic rings. The minimum atomic E-state index is -0.961. The maximum absolute atomic E-state index is 10.7. The second kappa shape index (κ2) is 3.36. The number of pyridine rings is 1. The van der Waals surface area contributed by atoms with Crippen molar-refractivity contribution in [1.29, 1.82) is 0 Å². The van der Waals surface area contributed by atoms with Gasteiger partial charge in [0.2, 0.25) is 0 Å². The summed E-state index contributed by atoms with van der Waals surface area (Å²) < 4.78 is 0.743. The van der Waals surface area contributed by atoms with E-state index in [0.29, 0.717) is 11.1 Å². The number of hydrogen-bond acceptors (Lipinski definition) is 4. The fourth-order valence-electron chi connectivity index (χ4n) is 1.22. The largest absolute Gasteiger partial charge is 0.477 e. The minimum Gasteiger partial charge on any atom is -0.477 e. The smallest absolute Gasteiger partial charge is 0.345 e. The predicted molar refractivity (Wildman–Crippen MR) is 52.5 cm³/mol. The summed E-state index contributed by atoms with van der Waals surface area (Å²) in [5, 5.41) is 17.8. The molecule has 4 nitrogen and oxygen atoms in total. The monoisotopic (exact) mass is 209 g/mol. The molecule has 0 aliphatic heterocycles. The van der Waals surface area contributed by atoms with Gasteiger partial charge < -0.3 is 10.2 Å².